The summed E-state index contributed by atoms with van der Waals surface area (Å²) in [6.45, 7) is 1.17. The predicted octanol–water partition coefficient (Wildman–Crippen LogP) is 1.26. The summed E-state index contributed by atoms with van der Waals surface area (Å²) in [5.74, 6) is 1.02. The number of aromatic nitrogens is 1. The zero-order valence-corrected chi connectivity index (χ0v) is 11.6. The first-order valence-corrected chi connectivity index (χ1v) is 7.95. The minimum Gasteiger partial charge on any atom is -0.373 e. The van der Waals surface area contributed by atoms with Crippen LogP contribution in [-0.4, -0.2) is 44.1 Å². The Kier molecular flexibility index (Phi) is 3.87. The van der Waals surface area contributed by atoms with E-state index in [9.17, 15) is 8.42 Å². The van der Waals surface area contributed by atoms with Crippen LogP contribution in [-0.2, 0) is 10.0 Å². The molecule has 0 bridgehead atoms. The van der Waals surface area contributed by atoms with E-state index < -0.39 is 10.0 Å². The molecule has 0 radical (unpaired) electrons. The molecule has 1 aromatic heterocycles. The second-order valence-corrected chi connectivity index (χ2v) is 6.64. The van der Waals surface area contributed by atoms with Crippen molar-refractivity contribution in [2.45, 2.75) is 18.8 Å². The van der Waals surface area contributed by atoms with Crippen LogP contribution in [0.15, 0.2) is 18.2 Å². The third-order valence-electron chi connectivity index (χ3n) is 3.30. The lowest BCUT2D eigenvalue weighted by molar-refractivity contribution is 0.314. The highest BCUT2D eigenvalue weighted by molar-refractivity contribution is 7.88. The molecule has 2 heterocycles. The molecule has 0 aliphatic carbocycles. The Balaban J connectivity index is 2.18. The van der Waals surface area contributed by atoms with E-state index in [1.807, 2.05) is 25.2 Å². The lowest BCUT2D eigenvalue weighted by Crippen LogP contribution is -2.38. The molecule has 1 saturated heterocycles. The molecule has 100 valence electrons. The van der Waals surface area contributed by atoms with Gasteiger partial charge in [-0.2, -0.15) is 0 Å². The Morgan fingerprint density at radius 3 is 2.89 bits per heavy atom. The largest absolute Gasteiger partial charge is 0.373 e. The van der Waals surface area contributed by atoms with Crippen molar-refractivity contribution < 1.29 is 8.42 Å². The Morgan fingerprint density at radius 1 is 1.44 bits per heavy atom. The topological polar surface area (TPSA) is 62.3 Å². The van der Waals surface area contributed by atoms with Crippen molar-refractivity contribution in [1.82, 2.24) is 9.29 Å². The van der Waals surface area contributed by atoms with Crippen LogP contribution in [0, 0.1) is 0 Å². The molecule has 1 fully saturated rings. The van der Waals surface area contributed by atoms with Gasteiger partial charge >= 0.3 is 0 Å². The van der Waals surface area contributed by atoms with Crippen molar-refractivity contribution in [2.75, 3.05) is 31.7 Å². The van der Waals surface area contributed by atoms with Crippen LogP contribution in [0.3, 0.4) is 0 Å². The SMILES string of the molecule is CNc1cccc([C@H]2CCCN(S(C)(=O)=O)C2)n1. The minimum atomic E-state index is -3.09. The van der Waals surface area contributed by atoms with Crippen LogP contribution in [0.2, 0.25) is 0 Å². The maximum absolute atomic E-state index is 11.6. The molecule has 6 heteroatoms. The number of rotatable bonds is 3. The fraction of sp³-hybridized carbons (Fsp3) is 0.583. The number of anilines is 1. The van der Waals surface area contributed by atoms with E-state index in [2.05, 4.69) is 10.3 Å². The first-order chi connectivity index (χ1) is 8.50. The van der Waals surface area contributed by atoms with E-state index in [4.69, 9.17) is 0 Å². The van der Waals surface area contributed by atoms with Crippen LogP contribution in [0.4, 0.5) is 5.82 Å². The van der Waals surface area contributed by atoms with Gasteiger partial charge in [0, 0.05) is 31.7 Å². The molecule has 1 atom stereocenters. The van der Waals surface area contributed by atoms with Gasteiger partial charge < -0.3 is 5.32 Å². The first-order valence-electron chi connectivity index (χ1n) is 6.10. The summed E-state index contributed by atoms with van der Waals surface area (Å²) in [6, 6.07) is 5.82. The van der Waals surface area contributed by atoms with Gasteiger partial charge in [0.1, 0.15) is 5.82 Å². The standard InChI is InChI=1S/C12H19N3O2S/c1-13-12-7-3-6-11(14-12)10-5-4-8-15(9-10)18(2,16)17/h3,6-7,10H,4-5,8-9H2,1-2H3,(H,13,14)/t10-/m0/s1. The molecular weight excluding hydrogens is 250 g/mol. The highest BCUT2D eigenvalue weighted by atomic mass is 32.2. The van der Waals surface area contributed by atoms with Crippen molar-refractivity contribution in [3.63, 3.8) is 0 Å². The maximum atomic E-state index is 11.6. The molecule has 5 nitrogen and oxygen atoms in total. The van der Waals surface area contributed by atoms with E-state index in [0.717, 1.165) is 24.4 Å². The molecule has 0 spiro atoms. The smallest absolute Gasteiger partial charge is 0.211 e. The van der Waals surface area contributed by atoms with E-state index in [1.165, 1.54) is 6.26 Å². The summed E-state index contributed by atoms with van der Waals surface area (Å²) in [4.78, 5) is 4.50. The molecule has 1 aromatic rings. The summed E-state index contributed by atoms with van der Waals surface area (Å²) in [7, 11) is -1.26. The predicted molar refractivity (Wildman–Crippen MR) is 72.2 cm³/mol. The van der Waals surface area contributed by atoms with Gasteiger partial charge in [-0.15, -0.1) is 0 Å². The van der Waals surface area contributed by atoms with Crippen molar-refractivity contribution in [3.05, 3.63) is 23.9 Å². The quantitative estimate of drug-likeness (QED) is 0.897. The van der Waals surface area contributed by atoms with Crippen molar-refractivity contribution in [1.29, 1.82) is 0 Å². The molecule has 1 aliphatic rings. The lowest BCUT2D eigenvalue weighted by atomic mass is 9.96. The number of nitrogens with one attached hydrogen (secondary N) is 1. The van der Waals surface area contributed by atoms with Crippen LogP contribution in [0.1, 0.15) is 24.5 Å². The van der Waals surface area contributed by atoms with Gasteiger partial charge in [0.25, 0.3) is 0 Å². The third-order valence-corrected chi connectivity index (χ3v) is 4.57. The van der Waals surface area contributed by atoms with Crippen molar-refractivity contribution in [3.8, 4) is 0 Å². The van der Waals surface area contributed by atoms with Crippen molar-refractivity contribution >= 4 is 15.8 Å². The maximum Gasteiger partial charge on any atom is 0.211 e. The molecule has 18 heavy (non-hydrogen) atoms. The van der Waals surface area contributed by atoms with Gasteiger partial charge in [-0.05, 0) is 25.0 Å². The van der Waals surface area contributed by atoms with Crippen LogP contribution in [0.5, 0.6) is 0 Å². The molecule has 1 N–H and O–H groups in total. The first kappa shape index (κ1) is 13.3. The monoisotopic (exact) mass is 269 g/mol. The fourth-order valence-corrected chi connectivity index (χ4v) is 3.21. The van der Waals surface area contributed by atoms with Crippen molar-refractivity contribution in [2.24, 2.45) is 0 Å². The van der Waals surface area contributed by atoms with Gasteiger partial charge in [0.15, 0.2) is 0 Å². The number of hydrogen-bond acceptors (Lipinski definition) is 4. The Labute approximate surface area is 108 Å². The van der Waals surface area contributed by atoms with E-state index in [0.29, 0.717) is 13.1 Å². The van der Waals surface area contributed by atoms with E-state index in [-0.39, 0.29) is 5.92 Å². The van der Waals surface area contributed by atoms with Crippen LogP contribution >= 0.6 is 0 Å². The zero-order chi connectivity index (χ0) is 13.2. The number of piperidine rings is 1. The number of sulfonamides is 1. The van der Waals surface area contributed by atoms with Crippen LogP contribution < -0.4 is 5.32 Å². The molecule has 0 saturated carbocycles. The number of hydrogen-bond donors (Lipinski definition) is 1. The van der Waals surface area contributed by atoms with Gasteiger partial charge in [-0.3, -0.25) is 0 Å². The summed E-state index contributed by atoms with van der Waals surface area (Å²) in [5.41, 5.74) is 0.968. The summed E-state index contributed by atoms with van der Waals surface area (Å²) >= 11 is 0. The normalized spacial score (nSPS) is 21.8. The van der Waals surface area contributed by atoms with E-state index >= 15 is 0 Å². The van der Waals surface area contributed by atoms with E-state index in [1.54, 1.807) is 4.31 Å². The van der Waals surface area contributed by atoms with Crippen LogP contribution in [0.25, 0.3) is 0 Å². The minimum absolute atomic E-state index is 0.196. The molecule has 0 amide bonds. The second kappa shape index (κ2) is 5.24. The summed E-state index contributed by atoms with van der Waals surface area (Å²) in [5, 5.41) is 3.00. The Hall–Kier alpha value is -1.14. The summed E-state index contributed by atoms with van der Waals surface area (Å²) < 4.78 is 24.7. The molecule has 2 rings (SSSR count). The van der Waals surface area contributed by atoms with Gasteiger partial charge in [-0.1, -0.05) is 6.07 Å². The average molecular weight is 269 g/mol. The molecule has 0 unspecified atom stereocenters. The molecule has 1 aliphatic heterocycles. The second-order valence-electron chi connectivity index (χ2n) is 4.66. The van der Waals surface area contributed by atoms with Gasteiger partial charge in [-0.25, -0.2) is 17.7 Å². The Morgan fingerprint density at radius 2 is 2.22 bits per heavy atom. The molecular formula is C12H19N3O2S. The highest BCUT2D eigenvalue weighted by Gasteiger charge is 2.27. The number of nitrogens with zero attached hydrogens (tertiary/aromatic N) is 2. The Bertz CT molecular complexity index is 516. The highest BCUT2D eigenvalue weighted by Crippen LogP contribution is 2.27. The summed E-state index contributed by atoms with van der Waals surface area (Å²) in [6.07, 6.45) is 3.15. The van der Waals surface area contributed by atoms with Gasteiger partial charge in [0.2, 0.25) is 10.0 Å². The lowest BCUT2D eigenvalue weighted by Gasteiger charge is -2.30. The fourth-order valence-electron chi connectivity index (χ4n) is 2.30. The average Bonchev–Trinajstić information content (AvgIpc) is 2.38. The zero-order valence-electron chi connectivity index (χ0n) is 10.8. The molecule has 0 aromatic carbocycles. The third kappa shape index (κ3) is 3.00. The van der Waals surface area contributed by atoms with Gasteiger partial charge in [0.05, 0.1) is 6.26 Å². The number of pyridine rings is 1.